The molecule has 0 aliphatic rings. The van der Waals surface area contributed by atoms with Crippen LogP contribution in [-0.4, -0.2) is 22.6 Å². The summed E-state index contributed by atoms with van der Waals surface area (Å²) in [5.41, 5.74) is 5.24. The predicted molar refractivity (Wildman–Crippen MR) is 115 cm³/mol. The van der Waals surface area contributed by atoms with Gasteiger partial charge >= 0.3 is 12.4 Å². The van der Waals surface area contributed by atoms with E-state index in [2.05, 4.69) is 0 Å². The van der Waals surface area contributed by atoms with Crippen LogP contribution in [0.3, 0.4) is 0 Å². The van der Waals surface area contributed by atoms with E-state index in [4.69, 9.17) is 11.5 Å². The molecule has 6 N–H and O–H groups in total. The molecule has 0 saturated carbocycles. The lowest BCUT2D eigenvalue weighted by Gasteiger charge is -2.30. The Balaban J connectivity index is 2.69. The normalized spacial score (nSPS) is 16.4. The van der Waals surface area contributed by atoms with Crippen LogP contribution in [0, 0.1) is 0 Å². The Hall–Kier alpha value is -2.46. The smallest absolute Gasteiger partial charge is 0.398 e. The van der Waals surface area contributed by atoms with Crippen LogP contribution < -0.4 is 11.5 Å². The van der Waals surface area contributed by atoms with Gasteiger partial charge in [0.15, 0.2) is 11.2 Å². The first-order valence-corrected chi connectivity index (χ1v) is 10.3. The van der Waals surface area contributed by atoms with Gasteiger partial charge in [0.05, 0.1) is 0 Å². The van der Waals surface area contributed by atoms with Crippen molar-refractivity contribution in [3.63, 3.8) is 0 Å². The lowest BCUT2D eigenvalue weighted by atomic mass is 9.85. The number of alkyl halides is 6. The second-order valence-corrected chi connectivity index (χ2v) is 8.46. The first-order valence-electron chi connectivity index (χ1n) is 10.3. The SMILES string of the molecule is CCc1cc(Cc2cc(CC)c(N)c(C(C)(O)C(F)(F)F)c2)cc(C(C)(O)C(F)(F)F)c1N. The summed E-state index contributed by atoms with van der Waals surface area (Å²) < 4.78 is 80.9. The van der Waals surface area contributed by atoms with Crippen molar-refractivity contribution in [2.45, 2.75) is 70.5 Å². The highest BCUT2D eigenvalue weighted by molar-refractivity contribution is 5.61. The summed E-state index contributed by atoms with van der Waals surface area (Å²) in [6.45, 7) is 4.55. The Morgan fingerprint density at radius 1 is 0.667 bits per heavy atom. The summed E-state index contributed by atoms with van der Waals surface area (Å²) in [7, 11) is 0. The van der Waals surface area contributed by atoms with Gasteiger partial charge in [-0.2, -0.15) is 26.3 Å². The van der Waals surface area contributed by atoms with Crippen LogP contribution in [0.25, 0.3) is 0 Å². The van der Waals surface area contributed by atoms with Crippen molar-refractivity contribution in [1.29, 1.82) is 0 Å². The molecular formula is C23H28F6N2O2. The van der Waals surface area contributed by atoms with E-state index < -0.39 is 34.7 Å². The van der Waals surface area contributed by atoms with Crippen LogP contribution in [0.4, 0.5) is 37.7 Å². The van der Waals surface area contributed by atoms with Gasteiger partial charge in [0.1, 0.15) is 0 Å². The minimum Gasteiger partial charge on any atom is -0.398 e. The molecule has 2 rings (SSSR count). The van der Waals surface area contributed by atoms with Gasteiger partial charge in [-0.3, -0.25) is 0 Å². The van der Waals surface area contributed by atoms with Gasteiger partial charge in [-0.25, -0.2) is 0 Å². The Bertz CT molecular complexity index is 946. The van der Waals surface area contributed by atoms with Crippen LogP contribution in [0.15, 0.2) is 24.3 Å². The Labute approximate surface area is 188 Å². The Kier molecular flexibility index (Phi) is 7.08. The summed E-state index contributed by atoms with van der Waals surface area (Å²) in [4.78, 5) is 0. The number of benzene rings is 2. The van der Waals surface area contributed by atoms with Crippen LogP contribution in [0.5, 0.6) is 0 Å². The van der Waals surface area contributed by atoms with Crippen LogP contribution >= 0.6 is 0 Å². The summed E-state index contributed by atoms with van der Waals surface area (Å²) in [6, 6.07) is 5.31. The number of hydrogen-bond donors (Lipinski definition) is 4. The fraction of sp³-hybridized carbons (Fsp3) is 0.478. The summed E-state index contributed by atoms with van der Waals surface area (Å²) in [5.74, 6) is 0. The molecule has 4 nitrogen and oxygen atoms in total. The van der Waals surface area contributed by atoms with Crippen molar-refractivity contribution < 1.29 is 36.6 Å². The maximum absolute atomic E-state index is 13.5. The molecule has 0 aliphatic heterocycles. The van der Waals surface area contributed by atoms with Gasteiger partial charge in [-0.15, -0.1) is 0 Å². The molecular weight excluding hydrogens is 450 g/mol. The molecule has 0 bridgehead atoms. The molecule has 0 aliphatic carbocycles. The average molecular weight is 478 g/mol. The van der Waals surface area contributed by atoms with E-state index in [1.54, 1.807) is 26.0 Å². The summed E-state index contributed by atoms with van der Waals surface area (Å²) in [6.07, 6.45) is -9.52. The van der Waals surface area contributed by atoms with Gasteiger partial charge < -0.3 is 21.7 Å². The van der Waals surface area contributed by atoms with E-state index in [1.807, 2.05) is 0 Å². The molecule has 33 heavy (non-hydrogen) atoms. The fourth-order valence-electron chi connectivity index (χ4n) is 3.69. The zero-order chi connectivity index (χ0) is 25.6. The molecule has 2 aromatic rings. The lowest BCUT2D eigenvalue weighted by molar-refractivity contribution is -0.258. The topological polar surface area (TPSA) is 92.5 Å². The largest absolute Gasteiger partial charge is 0.421 e. The highest BCUT2D eigenvalue weighted by Crippen LogP contribution is 2.44. The second-order valence-electron chi connectivity index (χ2n) is 8.46. The average Bonchev–Trinajstić information content (AvgIpc) is 2.68. The molecule has 0 heterocycles. The number of rotatable bonds is 6. The molecule has 10 heteroatoms. The molecule has 0 fully saturated rings. The van der Waals surface area contributed by atoms with E-state index in [0.717, 1.165) is 12.1 Å². The van der Waals surface area contributed by atoms with Crippen molar-refractivity contribution >= 4 is 11.4 Å². The molecule has 2 unspecified atom stereocenters. The number of nitrogens with two attached hydrogens (primary N) is 2. The lowest BCUT2D eigenvalue weighted by Crippen LogP contribution is -2.40. The first-order chi connectivity index (χ1) is 14.9. The van der Waals surface area contributed by atoms with Crippen molar-refractivity contribution in [2.75, 3.05) is 11.5 Å². The highest BCUT2D eigenvalue weighted by Gasteiger charge is 2.53. The first kappa shape index (κ1) is 26.8. The number of anilines is 2. The zero-order valence-electron chi connectivity index (χ0n) is 18.7. The second kappa shape index (κ2) is 8.72. The molecule has 0 spiro atoms. The number of halogens is 6. The van der Waals surface area contributed by atoms with Gasteiger partial charge in [-0.05, 0) is 55.4 Å². The van der Waals surface area contributed by atoms with E-state index in [1.165, 1.54) is 0 Å². The third kappa shape index (κ3) is 4.91. The van der Waals surface area contributed by atoms with Gasteiger partial charge in [0.25, 0.3) is 0 Å². The van der Waals surface area contributed by atoms with Gasteiger partial charge in [0.2, 0.25) is 0 Å². The summed E-state index contributed by atoms with van der Waals surface area (Å²) in [5, 5.41) is 20.4. The molecule has 0 amide bonds. The van der Waals surface area contributed by atoms with Crippen molar-refractivity contribution in [3.8, 4) is 0 Å². The van der Waals surface area contributed by atoms with Crippen molar-refractivity contribution in [3.05, 3.63) is 57.6 Å². The van der Waals surface area contributed by atoms with Gasteiger partial charge in [0, 0.05) is 22.5 Å². The standard InChI is InChI=1S/C23H28F6N2O2/c1-5-14-8-12(10-16(18(14)30)20(3,32)22(24,25)26)7-13-9-15(6-2)19(31)17(11-13)21(4,33)23(27,28)29/h8-11,32-33H,5-7,30-31H2,1-4H3. The maximum Gasteiger partial charge on any atom is 0.421 e. The van der Waals surface area contributed by atoms with Crippen molar-refractivity contribution in [2.24, 2.45) is 0 Å². The van der Waals surface area contributed by atoms with E-state index >= 15 is 0 Å². The van der Waals surface area contributed by atoms with E-state index in [9.17, 15) is 36.6 Å². The van der Waals surface area contributed by atoms with E-state index in [0.29, 0.717) is 36.1 Å². The highest BCUT2D eigenvalue weighted by atomic mass is 19.4. The number of nitrogen functional groups attached to an aromatic ring is 2. The number of aryl methyl sites for hydroxylation is 2. The quantitative estimate of drug-likeness (QED) is 0.343. The minimum atomic E-state index is -5.00. The predicted octanol–water partition coefficient (Wildman–Crippen LogP) is 5.11. The van der Waals surface area contributed by atoms with Crippen LogP contribution in [0.1, 0.15) is 61.1 Å². The van der Waals surface area contributed by atoms with Crippen LogP contribution in [-0.2, 0) is 30.5 Å². The molecule has 184 valence electrons. The van der Waals surface area contributed by atoms with Gasteiger partial charge in [-0.1, -0.05) is 38.1 Å². The molecule has 0 radical (unpaired) electrons. The third-order valence-corrected chi connectivity index (χ3v) is 5.97. The minimum absolute atomic E-state index is 0.0670. The molecule has 2 atom stereocenters. The molecule has 0 aromatic heterocycles. The third-order valence-electron chi connectivity index (χ3n) is 5.97. The fourth-order valence-corrected chi connectivity index (χ4v) is 3.69. The zero-order valence-corrected chi connectivity index (χ0v) is 18.7. The van der Waals surface area contributed by atoms with Crippen molar-refractivity contribution in [1.82, 2.24) is 0 Å². The van der Waals surface area contributed by atoms with E-state index in [-0.39, 0.29) is 30.6 Å². The number of aliphatic hydroxyl groups is 2. The molecule has 2 aromatic carbocycles. The van der Waals surface area contributed by atoms with Crippen LogP contribution in [0.2, 0.25) is 0 Å². The monoisotopic (exact) mass is 478 g/mol. The maximum atomic E-state index is 13.5. The molecule has 0 saturated heterocycles. The Morgan fingerprint density at radius 3 is 1.21 bits per heavy atom. The Morgan fingerprint density at radius 2 is 0.970 bits per heavy atom. The summed E-state index contributed by atoms with van der Waals surface area (Å²) >= 11 is 0. The number of hydrogen-bond acceptors (Lipinski definition) is 4.